The first-order valence-electron chi connectivity index (χ1n) is 4.75. The van der Waals surface area contributed by atoms with Crippen LogP contribution in [0.3, 0.4) is 0 Å². The molecular formula is C12H11N3. The van der Waals surface area contributed by atoms with Crippen LogP contribution in [-0.2, 0) is 6.42 Å². The van der Waals surface area contributed by atoms with Crippen LogP contribution in [0, 0.1) is 0 Å². The molecule has 15 heavy (non-hydrogen) atoms. The Labute approximate surface area is 88.5 Å². The van der Waals surface area contributed by atoms with Crippen molar-refractivity contribution >= 4 is 0 Å². The van der Waals surface area contributed by atoms with E-state index in [1.807, 2.05) is 36.4 Å². The first kappa shape index (κ1) is 9.52. The van der Waals surface area contributed by atoms with Crippen molar-refractivity contribution in [2.75, 3.05) is 0 Å². The van der Waals surface area contributed by atoms with E-state index in [0.29, 0.717) is 0 Å². The molecule has 1 aromatic carbocycles. The summed E-state index contributed by atoms with van der Waals surface area (Å²) in [7, 11) is 0. The zero-order valence-corrected chi connectivity index (χ0v) is 8.30. The fourth-order valence-electron chi connectivity index (χ4n) is 1.44. The predicted octanol–water partition coefficient (Wildman–Crippen LogP) is 2.27. The summed E-state index contributed by atoms with van der Waals surface area (Å²) in [6.07, 6.45) is 4.33. The molecule has 0 saturated heterocycles. The molecule has 0 bridgehead atoms. The maximum absolute atomic E-state index is 4.06. The summed E-state index contributed by atoms with van der Waals surface area (Å²) < 4.78 is 0. The van der Waals surface area contributed by atoms with E-state index >= 15 is 0 Å². The Hall–Kier alpha value is -2.03. The molecule has 0 unspecified atom stereocenters. The van der Waals surface area contributed by atoms with Crippen molar-refractivity contribution in [1.29, 1.82) is 0 Å². The van der Waals surface area contributed by atoms with E-state index in [-0.39, 0.29) is 0 Å². The lowest BCUT2D eigenvalue weighted by Gasteiger charge is -2.03. The van der Waals surface area contributed by atoms with Crippen molar-refractivity contribution in [3.05, 3.63) is 54.7 Å². The molecule has 1 heterocycles. The van der Waals surface area contributed by atoms with E-state index in [0.717, 1.165) is 23.2 Å². The van der Waals surface area contributed by atoms with Gasteiger partial charge in [0.1, 0.15) is 0 Å². The highest BCUT2D eigenvalue weighted by Crippen LogP contribution is 2.19. The van der Waals surface area contributed by atoms with Crippen LogP contribution >= 0.6 is 0 Å². The molecule has 0 atom stereocenters. The lowest BCUT2D eigenvalue weighted by atomic mass is 10.1. The Balaban J connectivity index is 2.48. The van der Waals surface area contributed by atoms with E-state index < -0.39 is 0 Å². The van der Waals surface area contributed by atoms with Crippen molar-refractivity contribution in [2.45, 2.75) is 6.42 Å². The normalized spacial score (nSPS) is 9.87. The second-order valence-electron chi connectivity index (χ2n) is 3.17. The smallest absolute Gasteiger partial charge is 0.0998 e. The Morgan fingerprint density at radius 3 is 2.73 bits per heavy atom. The Morgan fingerprint density at radius 2 is 2.00 bits per heavy atom. The number of nitrogens with zero attached hydrogens (tertiary/aromatic N) is 3. The van der Waals surface area contributed by atoms with E-state index in [1.165, 1.54) is 0 Å². The van der Waals surface area contributed by atoms with Crippen LogP contribution < -0.4 is 0 Å². The van der Waals surface area contributed by atoms with E-state index in [9.17, 15) is 0 Å². The van der Waals surface area contributed by atoms with Gasteiger partial charge in [0.25, 0.3) is 0 Å². The van der Waals surface area contributed by atoms with Gasteiger partial charge in [-0.05, 0) is 11.6 Å². The quantitative estimate of drug-likeness (QED) is 0.708. The van der Waals surface area contributed by atoms with Gasteiger partial charge in [0.05, 0.1) is 11.9 Å². The summed E-state index contributed by atoms with van der Waals surface area (Å²) in [6, 6.07) is 9.96. The van der Waals surface area contributed by atoms with Crippen LogP contribution in [0.15, 0.2) is 49.2 Å². The van der Waals surface area contributed by atoms with Gasteiger partial charge in [0.2, 0.25) is 0 Å². The van der Waals surface area contributed by atoms with Gasteiger partial charge >= 0.3 is 0 Å². The van der Waals surface area contributed by atoms with Gasteiger partial charge in [0, 0.05) is 11.1 Å². The molecule has 0 aliphatic heterocycles. The van der Waals surface area contributed by atoms with Crippen LogP contribution in [0.4, 0.5) is 0 Å². The van der Waals surface area contributed by atoms with Crippen LogP contribution in [0.5, 0.6) is 0 Å². The molecule has 0 saturated carbocycles. The highest BCUT2D eigenvalue weighted by Gasteiger charge is 2.05. The minimum absolute atomic E-state index is 0.757. The van der Waals surface area contributed by atoms with Crippen LogP contribution in [0.1, 0.15) is 5.56 Å². The second kappa shape index (κ2) is 4.46. The van der Waals surface area contributed by atoms with Crippen molar-refractivity contribution in [2.24, 2.45) is 0 Å². The third-order valence-electron chi connectivity index (χ3n) is 2.13. The number of hydrogen-bond acceptors (Lipinski definition) is 3. The molecule has 3 nitrogen and oxygen atoms in total. The van der Waals surface area contributed by atoms with Crippen molar-refractivity contribution in [3.8, 4) is 11.3 Å². The van der Waals surface area contributed by atoms with Gasteiger partial charge < -0.3 is 0 Å². The molecule has 0 spiro atoms. The molecule has 0 fully saturated rings. The van der Waals surface area contributed by atoms with E-state index in [2.05, 4.69) is 22.0 Å². The van der Waals surface area contributed by atoms with Gasteiger partial charge in [-0.15, -0.1) is 16.8 Å². The molecule has 0 aliphatic rings. The number of hydrogen-bond donors (Lipinski definition) is 0. The van der Waals surface area contributed by atoms with Crippen molar-refractivity contribution in [3.63, 3.8) is 0 Å². The van der Waals surface area contributed by atoms with Gasteiger partial charge in [-0.2, -0.15) is 0 Å². The number of aromatic nitrogens is 3. The Bertz CT molecular complexity index is 451. The van der Waals surface area contributed by atoms with Gasteiger partial charge in [-0.3, -0.25) is 0 Å². The fourth-order valence-corrected chi connectivity index (χ4v) is 1.44. The van der Waals surface area contributed by atoms with Crippen LogP contribution in [0.25, 0.3) is 11.3 Å². The molecule has 0 N–H and O–H groups in total. The largest absolute Gasteiger partial charge is 0.138 e. The molecule has 3 heteroatoms. The molecule has 1 aromatic heterocycles. The predicted molar refractivity (Wildman–Crippen MR) is 59.2 cm³/mol. The lowest BCUT2D eigenvalue weighted by molar-refractivity contribution is 0.853. The molecule has 0 radical (unpaired) electrons. The minimum Gasteiger partial charge on any atom is -0.138 e. The number of benzene rings is 1. The Kier molecular flexibility index (Phi) is 2.83. The molecule has 0 amide bonds. The summed E-state index contributed by atoms with van der Waals surface area (Å²) in [5, 5.41) is 11.5. The third-order valence-corrected chi connectivity index (χ3v) is 2.13. The first-order chi connectivity index (χ1) is 7.42. The Morgan fingerprint density at radius 1 is 1.20 bits per heavy atom. The summed E-state index contributed by atoms with van der Waals surface area (Å²) >= 11 is 0. The molecule has 0 aliphatic carbocycles. The summed E-state index contributed by atoms with van der Waals surface area (Å²) in [6.45, 7) is 3.71. The van der Waals surface area contributed by atoms with Gasteiger partial charge in [-0.1, -0.05) is 36.4 Å². The van der Waals surface area contributed by atoms with Gasteiger partial charge in [0.15, 0.2) is 0 Å². The van der Waals surface area contributed by atoms with Crippen LogP contribution in [-0.4, -0.2) is 15.4 Å². The maximum atomic E-state index is 4.06. The van der Waals surface area contributed by atoms with Crippen molar-refractivity contribution in [1.82, 2.24) is 15.4 Å². The number of rotatable bonds is 3. The monoisotopic (exact) mass is 197 g/mol. The average Bonchev–Trinajstić information content (AvgIpc) is 2.31. The maximum Gasteiger partial charge on any atom is 0.0998 e. The third kappa shape index (κ3) is 2.07. The summed E-state index contributed by atoms with van der Waals surface area (Å²) in [5.74, 6) is 0. The van der Waals surface area contributed by atoms with Gasteiger partial charge in [-0.25, -0.2) is 0 Å². The number of allylic oxidation sites excluding steroid dienone is 1. The van der Waals surface area contributed by atoms with Crippen LogP contribution in [0.2, 0.25) is 0 Å². The highest BCUT2D eigenvalue weighted by atomic mass is 15.3. The lowest BCUT2D eigenvalue weighted by Crippen LogP contribution is -1.96. The zero-order chi connectivity index (χ0) is 10.5. The first-order valence-corrected chi connectivity index (χ1v) is 4.75. The van der Waals surface area contributed by atoms with E-state index in [1.54, 1.807) is 6.20 Å². The standard InChI is InChI=1S/C12H11N3/c1-2-6-11-9-13-15-14-12(11)10-7-4-3-5-8-10/h2-5,7-9H,1,6H2. The zero-order valence-electron chi connectivity index (χ0n) is 8.30. The molecule has 2 rings (SSSR count). The second-order valence-corrected chi connectivity index (χ2v) is 3.17. The topological polar surface area (TPSA) is 38.7 Å². The fraction of sp³-hybridized carbons (Fsp3) is 0.0833. The van der Waals surface area contributed by atoms with Crippen molar-refractivity contribution < 1.29 is 0 Å². The summed E-state index contributed by atoms with van der Waals surface area (Å²) in [5.41, 5.74) is 2.99. The molecular weight excluding hydrogens is 186 g/mol. The highest BCUT2D eigenvalue weighted by molar-refractivity contribution is 5.62. The SMILES string of the molecule is C=CCc1cnnnc1-c1ccccc1. The molecule has 74 valence electrons. The average molecular weight is 197 g/mol. The molecule has 2 aromatic rings. The minimum atomic E-state index is 0.757. The summed E-state index contributed by atoms with van der Waals surface area (Å²) in [4.78, 5) is 0. The van der Waals surface area contributed by atoms with E-state index in [4.69, 9.17) is 0 Å².